The van der Waals surface area contributed by atoms with Crippen LogP contribution < -0.4 is 14.4 Å². The number of carbonyl (C=O) groups is 2. The number of hydrogen-bond donors (Lipinski definition) is 1. The fourth-order valence-electron chi connectivity index (χ4n) is 4.62. The molecule has 39 heavy (non-hydrogen) atoms. The third-order valence-corrected chi connectivity index (χ3v) is 8.04. The number of rotatable bonds is 11. The first-order valence-corrected chi connectivity index (χ1v) is 14.7. The van der Waals surface area contributed by atoms with E-state index in [1.54, 1.807) is 6.92 Å². The summed E-state index contributed by atoms with van der Waals surface area (Å²) in [5.74, 6) is -0.908. The van der Waals surface area contributed by atoms with Crippen LogP contribution in [0.4, 0.5) is 11.4 Å². The van der Waals surface area contributed by atoms with E-state index in [1.165, 1.54) is 24.1 Å². The second-order valence-electron chi connectivity index (χ2n) is 9.91. The Labute approximate surface area is 229 Å². The zero-order valence-corrected chi connectivity index (χ0v) is 23.6. The SMILES string of the molecule is COc1ccc([N+](=O)[O-])cc1N(CC(=O)N(Cc1ccc(C)cc1)[C@@H](C)C(=O)NC1CCCCC1)S(C)(=O)=O. The number of aryl methyl sites for hydroxylation is 1. The Morgan fingerprint density at radius 2 is 1.77 bits per heavy atom. The Balaban J connectivity index is 1.95. The van der Waals surface area contributed by atoms with Gasteiger partial charge >= 0.3 is 0 Å². The van der Waals surface area contributed by atoms with Gasteiger partial charge in [0.05, 0.1) is 18.3 Å². The Morgan fingerprint density at radius 1 is 1.13 bits per heavy atom. The largest absolute Gasteiger partial charge is 0.495 e. The van der Waals surface area contributed by atoms with Gasteiger partial charge in [0.15, 0.2) is 0 Å². The number of nitro benzene ring substituents is 1. The van der Waals surface area contributed by atoms with E-state index in [1.807, 2.05) is 31.2 Å². The maximum atomic E-state index is 13.8. The number of amides is 2. The lowest BCUT2D eigenvalue weighted by molar-refractivity contribution is -0.384. The molecule has 0 unspecified atom stereocenters. The van der Waals surface area contributed by atoms with E-state index in [2.05, 4.69) is 5.32 Å². The molecular weight excluding hydrogens is 524 g/mol. The number of nitrogens with zero attached hydrogens (tertiary/aromatic N) is 3. The standard InChI is InChI=1S/C27H36N4O7S/c1-19-10-12-21(13-11-19)17-29(20(2)27(33)28-22-8-6-5-7-9-22)26(32)18-30(39(4,36)37)24-16-23(31(34)35)14-15-25(24)38-3/h10-16,20,22H,5-9,17-18H2,1-4H3,(H,28,33)/t20-/m0/s1. The van der Waals surface area contributed by atoms with Gasteiger partial charge in [0.1, 0.15) is 24.0 Å². The number of benzene rings is 2. The third kappa shape index (κ3) is 7.92. The average Bonchev–Trinajstić information content (AvgIpc) is 2.90. The van der Waals surface area contributed by atoms with E-state index in [0.717, 1.165) is 59.9 Å². The first kappa shape index (κ1) is 29.9. The number of hydrogen-bond acceptors (Lipinski definition) is 7. The minimum absolute atomic E-state index is 0.0340. The van der Waals surface area contributed by atoms with Crippen LogP contribution in [0.15, 0.2) is 42.5 Å². The van der Waals surface area contributed by atoms with Crippen molar-refractivity contribution in [2.24, 2.45) is 0 Å². The highest BCUT2D eigenvalue weighted by Crippen LogP contribution is 2.34. The predicted octanol–water partition coefficient (Wildman–Crippen LogP) is 3.54. The van der Waals surface area contributed by atoms with Crippen molar-refractivity contribution in [3.05, 3.63) is 63.7 Å². The molecule has 1 fully saturated rings. The van der Waals surface area contributed by atoms with E-state index < -0.39 is 33.4 Å². The second kappa shape index (κ2) is 12.9. The Hall–Kier alpha value is -3.67. The molecule has 0 aromatic heterocycles. The van der Waals surface area contributed by atoms with E-state index >= 15 is 0 Å². The first-order chi connectivity index (χ1) is 18.4. The normalized spacial score (nSPS) is 14.8. The number of methoxy groups -OCH3 is 1. The summed E-state index contributed by atoms with van der Waals surface area (Å²) in [7, 11) is -2.79. The summed E-state index contributed by atoms with van der Waals surface area (Å²) in [6.07, 6.45) is 5.83. The van der Waals surface area contributed by atoms with Crippen molar-refractivity contribution in [1.82, 2.24) is 10.2 Å². The molecule has 212 valence electrons. The van der Waals surface area contributed by atoms with E-state index in [4.69, 9.17) is 4.74 Å². The highest BCUT2D eigenvalue weighted by Gasteiger charge is 2.32. The van der Waals surface area contributed by atoms with Gasteiger partial charge in [-0.1, -0.05) is 49.1 Å². The molecule has 0 heterocycles. The Bertz CT molecular complexity index is 1290. The monoisotopic (exact) mass is 560 g/mol. The lowest BCUT2D eigenvalue weighted by atomic mass is 9.95. The summed E-state index contributed by atoms with van der Waals surface area (Å²) >= 11 is 0. The van der Waals surface area contributed by atoms with Gasteiger partial charge in [0, 0.05) is 24.7 Å². The number of nitrogens with one attached hydrogen (secondary N) is 1. The Kier molecular flexibility index (Phi) is 9.90. The van der Waals surface area contributed by atoms with E-state index in [9.17, 15) is 28.1 Å². The molecule has 1 atom stereocenters. The van der Waals surface area contributed by atoms with Crippen molar-refractivity contribution < 1.29 is 27.7 Å². The molecule has 0 radical (unpaired) electrons. The molecule has 0 saturated heterocycles. The smallest absolute Gasteiger partial charge is 0.271 e. The number of ether oxygens (including phenoxy) is 1. The first-order valence-electron chi connectivity index (χ1n) is 12.9. The number of non-ortho nitro benzene ring substituents is 1. The maximum Gasteiger partial charge on any atom is 0.271 e. The number of carbonyl (C=O) groups excluding carboxylic acids is 2. The fraction of sp³-hybridized carbons (Fsp3) is 0.481. The minimum atomic E-state index is -4.09. The average molecular weight is 561 g/mol. The quantitative estimate of drug-likeness (QED) is 0.328. The highest BCUT2D eigenvalue weighted by molar-refractivity contribution is 7.92. The van der Waals surface area contributed by atoms with Crippen molar-refractivity contribution in [2.45, 2.75) is 64.6 Å². The number of nitro groups is 1. The lowest BCUT2D eigenvalue weighted by Crippen LogP contribution is -2.53. The topological polar surface area (TPSA) is 139 Å². The molecule has 2 aromatic rings. The molecule has 11 nitrogen and oxygen atoms in total. The van der Waals surface area contributed by atoms with Crippen LogP contribution in [-0.4, -0.2) is 62.0 Å². The van der Waals surface area contributed by atoms with Crippen LogP contribution >= 0.6 is 0 Å². The van der Waals surface area contributed by atoms with Crippen molar-refractivity contribution in [3.8, 4) is 5.75 Å². The van der Waals surface area contributed by atoms with Crippen LogP contribution in [0, 0.1) is 17.0 Å². The predicted molar refractivity (Wildman–Crippen MR) is 148 cm³/mol. The lowest BCUT2D eigenvalue weighted by Gasteiger charge is -2.33. The van der Waals surface area contributed by atoms with Gasteiger partial charge in [0.2, 0.25) is 21.8 Å². The van der Waals surface area contributed by atoms with Crippen LogP contribution in [0.25, 0.3) is 0 Å². The summed E-state index contributed by atoms with van der Waals surface area (Å²) in [4.78, 5) is 39.1. The van der Waals surface area contributed by atoms with Crippen LogP contribution in [0.1, 0.15) is 50.2 Å². The molecule has 2 amide bonds. The number of sulfonamides is 1. The third-order valence-electron chi connectivity index (χ3n) is 6.91. The van der Waals surface area contributed by atoms with Crippen molar-refractivity contribution in [2.75, 3.05) is 24.2 Å². The van der Waals surface area contributed by atoms with Crippen molar-refractivity contribution in [3.63, 3.8) is 0 Å². The number of anilines is 1. The molecule has 12 heteroatoms. The van der Waals surface area contributed by atoms with Crippen molar-refractivity contribution >= 4 is 33.2 Å². The zero-order chi connectivity index (χ0) is 28.7. The molecule has 0 spiro atoms. The van der Waals surface area contributed by atoms with Gasteiger partial charge in [-0.15, -0.1) is 0 Å². The summed E-state index contributed by atoms with van der Waals surface area (Å²) < 4.78 is 31.7. The minimum Gasteiger partial charge on any atom is -0.495 e. The van der Waals surface area contributed by atoms with Crippen LogP contribution in [-0.2, 0) is 26.2 Å². The van der Waals surface area contributed by atoms with Crippen LogP contribution in [0.3, 0.4) is 0 Å². The zero-order valence-electron chi connectivity index (χ0n) is 22.8. The Morgan fingerprint density at radius 3 is 2.33 bits per heavy atom. The summed E-state index contributed by atoms with van der Waals surface area (Å²) in [6.45, 7) is 2.94. The highest BCUT2D eigenvalue weighted by atomic mass is 32.2. The van der Waals surface area contributed by atoms with Crippen molar-refractivity contribution in [1.29, 1.82) is 0 Å². The summed E-state index contributed by atoms with van der Waals surface area (Å²) in [5, 5.41) is 14.4. The van der Waals surface area contributed by atoms with Gasteiger partial charge in [-0.2, -0.15) is 0 Å². The second-order valence-corrected chi connectivity index (χ2v) is 11.8. The molecule has 1 N–H and O–H groups in total. The summed E-state index contributed by atoms with van der Waals surface area (Å²) in [6, 6.07) is 10.1. The molecule has 1 saturated carbocycles. The van der Waals surface area contributed by atoms with Crippen LogP contribution in [0.5, 0.6) is 5.75 Å². The van der Waals surface area contributed by atoms with Gasteiger partial charge in [0.25, 0.3) is 5.69 Å². The molecule has 1 aliphatic rings. The molecule has 0 bridgehead atoms. The molecule has 0 aliphatic heterocycles. The summed E-state index contributed by atoms with van der Waals surface area (Å²) in [5.41, 5.74) is 1.30. The molecule has 2 aromatic carbocycles. The van der Waals surface area contributed by atoms with Gasteiger partial charge in [-0.25, -0.2) is 8.42 Å². The molecular formula is C27H36N4O7S. The van der Waals surface area contributed by atoms with E-state index in [0.29, 0.717) is 0 Å². The van der Waals surface area contributed by atoms with Crippen LogP contribution in [0.2, 0.25) is 0 Å². The van der Waals surface area contributed by atoms with E-state index in [-0.39, 0.29) is 35.6 Å². The van der Waals surface area contributed by atoms with Gasteiger partial charge in [-0.3, -0.25) is 24.0 Å². The molecule has 3 rings (SSSR count). The molecule has 1 aliphatic carbocycles. The fourth-order valence-corrected chi connectivity index (χ4v) is 5.47. The maximum absolute atomic E-state index is 13.8. The van der Waals surface area contributed by atoms with Gasteiger partial charge < -0.3 is 15.0 Å². The van der Waals surface area contributed by atoms with Gasteiger partial charge in [-0.05, 0) is 38.3 Å².